The normalized spacial score (nSPS) is 12.4. The van der Waals surface area contributed by atoms with Gasteiger partial charge in [-0.2, -0.15) is 0 Å². The maximum atomic E-state index is 11.9. The Morgan fingerprint density at radius 1 is 1.25 bits per heavy atom. The number of carbonyl (C=O) groups excluding carboxylic acids is 1. The lowest BCUT2D eigenvalue weighted by atomic mass is 10.0. The summed E-state index contributed by atoms with van der Waals surface area (Å²) >= 11 is 0. The standard InChI is InChI=1S/C17H19NO2/c1-2-15(13-14-7-4-3-5-8-14)18-17(19)11-10-16-9-6-12-20-16/h3-12,15H,2,13H2,1H3,(H,18,19)/b11-10+/t15-/m1/s1. The molecular weight excluding hydrogens is 250 g/mol. The second-order valence-electron chi connectivity index (χ2n) is 4.65. The van der Waals surface area contributed by atoms with Crippen LogP contribution in [0.15, 0.2) is 59.2 Å². The second kappa shape index (κ2) is 7.34. The highest BCUT2D eigenvalue weighted by Crippen LogP contribution is 2.06. The van der Waals surface area contributed by atoms with E-state index in [1.165, 1.54) is 11.6 Å². The van der Waals surface area contributed by atoms with Crippen LogP contribution in [0.5, 0.6) is 0 Å². The van der Waals surface area contributed by atoms with Crippen molar-refractivity contribution in [1.29, 1.82) is 0 Å². The lowest BCUT2D eigenvalue weighted by Gasteiger charge is -2.15. The number of hydrogen-bond acceptors (Lipinski definition) is 2. The van der Waals surface area contributed by atoms with Crippen LogP contribution in [0.1, 0.15) is 24.7 Å². The molecule has 1 amide bonds. The van der Waals surface area contributed by atoms with Crippen LogP contribution in [-0.4, -0.2) is 11.9 Å². The van der Waals surface area contributed by atoms with Crippen LogP contribution in [0.25, 0.3) is 6.08 Å². The van der Waals surface area contributed by atoms with Crippen molar-refractivity contribution in [3.05, 3.63) is 66.1 Å². The summed E-state index contributed by atoms with van der Waals surface area (Å²) in [5, 5.41) is 3.01. The Kier molecular flexibility index (Phi) is 5.18. The summed E-state index contributed by atoms with van der Waals surface area (Å²) in [6.45, 7) is 2.07. The Morgan fingerprint density at radius 3 is 2.70 bits per heavy atom. The molecule has 0 saturated heterocycles. The summed E-state index contributed by atoms with van der Waals surface area (Å²) in [5.74, 6) is 0.584. The zero-order valence-electron chi connectivity index (χ0n) is 11.6. The van der Waals surface area contributed by atoms with E-state index in [0.717, 1.165) is 12.8 Å². The predicted molar refractivity (Wildman–Crippen MR) is 80.1 cm³/mol. The fourth-order valence-corrected chi connectivity index (χ4v) is 1.99. The van der Waals surface area contributed by atoms with Crippen LogP contribution in [0.2, 0.25) is 0 Å². The molecule has 0 radical (unpaired) electrons. The molecule has 1 aromatic heterocycles. The van der Waals surface area contributed by atoms with Crippen LogP contribution in [0.4, 0.5) is 0 Å². The largest absolute Gasteiger partial charge is 0.465 e. The molecule has 3 nitrogen and oxygen atoms in total. The lowest BCUT2D eigenvalue weighted by molar-refractivity contribution is -0.117. The van der Waals surface area contributed by atoms with Crippen molar-refractivity contribution in [2.24, 2.45) is 0 Å². The van der Waals surface area contributed by atoms with E-state index in [9.17, 15) is 4.79 Å². The smallest absolute Gasteiger partial charge is 0.244 e. The fourth-order valence-electron chi connectivity index (χ4n) is 1.99. The Balaban J connectivity index is 1.88. The van der Waals surface area contributed by atoms with E-state index in [1.54, 1.807) is 18.4 Å². The first-order valence-electron chi connectivity index (χ1n) is 6.84. The third-order valence-electron chi connectivity index (χ3n) is 3.11. The third kappa shape index (κ3) is 4.43. The van der Waals surface area contributed by atoms with Gasteiger partial charge in [0, 0.05) is 12.1 Å². The molecule has 1 N–H and O–H groups in total. The van der Waals surface area contributed by atoms with Crippen molar-refractivity contribution in [2.75, 3.05) is 0 Å². The molecule has 0 aliphatic heterocycles. The first kappa shape index (κ1) is 14.1. The van der Waals surface area contributed by atoms with Gasteiger partial charge in [0.1, 0.15) is 5.76 Å². The third-order valence-corrected chi connectivity index (χ3v) is 3.11. The molecule has 0 aliphatic rings. The van der Waals surface area contributed by atoms with Gasteiger partial charge in [-0.1, -0.05) is 37.3 Å². The molecule has 1 heterocycles. The van der Waals surface area contributed by atoms with Gasteiger partial charge in [-0.3, -0.25) is 4.79 Å². The monoisotopic (exact) mass is 269 g/mol. The van der Waals surface area contributed by atoms with Crippen LogP contribution in [-0.2, 0) is 11.2 Å². The molecule has 104 valence electrons. The minimum atomic E-state index is -0.0934. The van der Waals surface area contributed by atoms with E-state index in [0.29, 0.717) is 5.76 Å². The van der Waals surface area contributed by atoms with Crippen molar-refractivity contribution in [3.8, 4) is 0 Å². The number of rotatable bonds is 6. The van der Waals surface area contributed by atoms with Gasteiger partial charge in [0.15, 0.2) is 0 Å². The van der Waals surface area contributed by atoms with Gasteiger partial charge in [0.25, 0.3) is 0 Å². The van der Waals surface area contributed by atoms with Crippen molar-refractivity contribution < 1.29 is 9.21 Å². The number of amides is 1. The van der Waals surface area contributed by atoms with Gasteiger partial charge < -0.3 is 9.73 Å². The van der Waals surface area contributed by atoms with Crippen LogP contribution >= 0.6 is 0 Å². The second-order valence-corrected chi connectivity index (χ2v) is 4.65. The SMILES string of the molecule is CC[C@H](Cc1ccccc1)NC(=O)/C=C/c1ccco1. The van der Waals surface area contributed by atoms with Crippen molar-refractivity contribution in [3.63, 3.8) is 0 Å². The summed E-state index contributed by atoms with van der Waals surface area (Å²) in [5.41, 5.74) is 1.23. The van der Waals surface area contributed by atoms with E-state index >= 15 is 0 Å². The van der Waals surface area contributed by atoms with Crippen LogP contribution in [0, 0.1) is 0 Å². The molecule has 0 fully saturated rings. The lowest BCUT2D eigenvalue weighted by Crippen LogP contribution is -2.34. The summed E-state index contributed by atoms with van der Waals surface area (Å²) in [6.07, 6.45) is 6.51. The molecule has 0 unspecified atom stereocenters. The topological polar surface area (TPSA) is 42.2 Å². The average Bonchev–Trinajstić information content (AvgIpc) is 2.99. The van der Waals surface area contributed by atoms with E-state index < -0.39 is 0 Å². The predicted octanol–water partition coefficient (Wildman–Crippen LogP) is 3.43. The van der Waals surface area contributed by atoms with Crippen molar-refractivity contribution in [2.45, 2.75) is 25.8 Å². The number of furan rings is 1. The number of benzene rings is 1. The van der Waals surface area contributed by atoms with Crippen molar-refractivity contribution in [1.82, 2.24) is 5.32 Å². The molecule has 2 rings (SSSR count). The highest BCUT2D eigenvalue weighted by molar-refractivity contribution is 5.91. The zero-order chi connectivity index (χ0) is 14.2. The van der Waals surface area contributed by atoms with E-state index in [4.69, 9.17) is 4.42 Å². The van der Waals surface area contributed by atoms with E-state index in [2.05, 4.69) is 24.4 Å². The highest BCUT2D eigenvalue weighted by Gasteiger charge is 2.09. The zero-order valence-corrected chi connectivity index (χ0v) is 11.6. The molecule has 1 atom stereocenters. The number of carbonyl (C=O) groups is 1. The Morgan fingerprint density at radius 2 is 2.05 bits per heavy atom. The van der Waals surface area contributed by atoms with Gasteiger partial charge in [-0.15, -0.1) is 0 Å². The van der Waals surface area contributed by atoms with Crippen molar-refractivity contribution >= 4 is 12.0 Å². The average molecular weight is 269 g/mol. The maximum Gasteiger partial charge on any atom is 0.244 e. The summed E-state index contributed by atoms with van der Waals surface area (Å²) in [7, 11) is 0. The van der Waals surface area contributed by atoms with E-state index in [-0.39, 0.29) is 11.9 Å². The summed E-state index contributed by atoms with van der Waals surface area (Å²) < 4.78 is 5.14. The first-order chi connectivity index (χ1) is 9.78. The molecule has 20 heavy (non-hydrogen) atoms. The quantitative estimate of drug-likeness (QED) is 0.816. The van der Waals surface area contributed by atoms with Gasteiger partial charge in [-0.05, 0) is 36.6 Å². The number of nitrogens with one attached hydrogen (secondary N) is 1. The molecular formula is C17H19NO2. The maximum absolute atomic E-state index is 11.9. The Hall–Kier alpha value is -2.29. The van der Waals surface area contributed by atoms with E-state index in [1.807, 2.05) is 24.3 Å². The number of hydrogen-bond donors (Lipinski definition) is 1. The Bertz CT molecular complexity index is 544. The fraction of sp³-hybridized carbons (Fsp3) is 0.235. The molecule has 1 aromatic carbocycles. The Labute approximate surface area is 119 Å². The van der Waals surface area contributed by atoms with Gasteiger partial charge in [-0.25, -0.2) is 0 Å². The summed E-state index contributed by atoms with van der Waals surface area (Å²) in [4.78, 5) is 11.9. The van der Waals surface area contributed by atoms with Crippen LogP contribution < -0.4 is 5.32 Å². The van der Waals surface area contributed by atoms with Crippen LogP contribution in [0.3, 0.4) is 0 Å². The minimum Gasteiger partial charge on any atom is -0.465 e. The summed E-state index contributed by atoms with van der Waals surface area (Å²) in [6, 6.07) is 13.9. The molecule has 2 aromatic rings. The van der Waals surface area contributed by atoms with Gasteiger partial charge >= 0.3 is 0 Å². The minimum absolute atomic E-state index is 0.0934. The molecule has 0 spiro atoms. The molecule has 3 heteroatoms. The highest BCUT2D eigenvalue weighted by atomic mass is 16.3. The molecule has 0 bridgehead atoms. The first-order valence-corrected chi connectivity index (χ1v) is 6.84. The molecule has 0 saturated carbocycles. The van der Waals surface area contributed by atoms with Gasteiger partial charge in [0.05, 0.1) is 6.26 Å². The molecule has 0 aliphatic carbocycles. The van der Waals surface area contributed by atoms with Gasteiger partial charge in [0.2, 0.25) is 5.91 Å².